The van der Waals surface area contributed by atoms with E-state index in [4.69, 9.17) is 0 Å². The van der Waals surface area contributed by atoms with Gasteiger partial charge < -0.3 is 9.80 Å². The van der Waals surface area contributed by atoms with E-state index in [0.717, 1.165) is 37.7 Å². The zero-order chi connectivity index (χ0) is 25.7. The first-order valence-corrected chi connectivity index (χ1v) is 14.1. The first-order chi connectivity index (χ1) is 17.4. The fourth-order valence-corrected chi connectivity index (χ4v) is 5.84. The number of hydrogen-bond acceptors (Lipinski definition) is 3. The number of benzene rings is 2. The Labute approximate surface area is 219 Å². The van der Waals surface area contributed by atoms with E-state index in [0.29, 0.717) is 12.1 Å². The molecular weight excluding hydrogens is 464 g/mol. The standard InChI is InChI=1S/C31H38N2O2S/c1-5-7-8-24-11-15-26(16-12-24)31(35)33(23(4)6-2)21-29(34)32-19-17-28-27(18-20-36-28)30(32)25-13-9-22(3)10-14-25/h9-16,18,20,23,30H,5-8,17,19,21H2,1-4H3. The number of aryl methyl sites for hydroxylation is 2. The SMILES string of the molecule is CCCCc1ccc(C(=O)N(CC(=O)N2CCc3sccc3C2c2ccc(C)cc2)C(C)CC)cc1. The van der Waals surface area contributed by atoms with Crippen molar-refractivity contribution in [3.05, 3.63) is 92.7 Å². The first-order valence-electron chi connectivity index (χ1n) is 13.2. The predicted octanol–water partition coefficient (Wildman–Crippen LogP) is 6.81. The monoisotopic (exact) mass is 502 g/mol. The summed E-state index contributed by atoms with van der Waals surface area (Å²) in [6, 6.07) is 18.4. The summed E-state index contributed by atoms with van der Waals surface area (Å²) in [4.78, 5) is 32.5. The molecule has 4 nitrogen and oxygen atoms in total. The van der Waals surface area contributed by atoms with Crippen molar-refractivity contribution >= 4 is 23.2 Å². The van der Waals surface area contributed by atoms with Crippen molar-refractivity contribution in [2.24, 2.45) is 0 Å². The van der Waals surface area contributed by atoms with Gasteiger partial charge in [0.15, 0.2) is 0 Å². The molecule has 5 heteroatoms. The van der Waals surface area contributed by atoms with E-state index in [-0.39, 0.29) is 30.4 Å². The fourth-order valence-electron chi connectivity index (χ4n) is 4.94. The largest absolute Gasteiger partial charge is 0.330 e. The van der Waals surface area contributed by atoms with Gasteiger partial charge in [0.05, 0.1) is 6.04 Å². The van der Waals surface area contributed by atoms with Crippen LogP contribution in [-0.4, -0.2) is 40.7 Å². The highest BCUT2D eigenvalue weighted by Gasteiger charge is 2.34. The van der Waals surface area contributed by atoms with Crippen molar-refractivity contribution in [2.75, 3.05) is 13.1 Å². The lowest BCUT2D eigenvalue weighted by Crippen LogP contribution is -2.49. The smallest absolute Gasteiger partial charge is 0.254 e. The van der Waals surface area contributed by atoms with Gasteiger partial charge >= 0.3 is 0 Å². The molecule has 2 aromatic carbocycles. The number of fused-ring (bicyclic) bond motifs is 1. The second-order valence-corrected chi connectivity index (χ2v) is 10.9. The maximum absolute atomic E-state index is 13.9. The summed E-state index contributed by atoms with van der Waals surface area (Å²) >= 11 is 1.77. The summed E-state index contributed by atoms with van der Waals surface area (Å²) in [5.41, 5.74) is 5.44. The Hall–Kier alpha value is -2.92. The highest BCUT2D eigenvalue weighted by molar-refractivity contribution is 7.10. The van der Waals surface area contributed by atoms with Gasteiger partial charge in [0.25, 0.3) is 5.91 Å². The third-order valence-corrected chi connectivity index (χ3v) is 8.39. The number of carbonyl (C=O) groups is 2. The molecule has 0 saturated carbocycles. The van der Waals surface area contributed by atoms with Gasteiger partial charge in [-0.1, -0.05) is 62.2 Å². The number of amides is 2. The molecule has 1 aromatic heterocycles. The first kappa shape index (κ1) is 26.2. The van der Waals surface area contributed by atoms with Gasteiger partial charge in [-0.3, -0.25) is 9.59 Å². The quantitative estimate of drug-likeness (QED) is 0.322. The summed E-state index contributed by atoms with van der Waals surface area (Å²) in [5.74, 6) is -0.0644. The second kappa shape index (κ2) is 11.9. The van der Waals surface area contributed by atoms with Crippen molar-refractivity contribution in [1.82, 2.24) is 9.80 Å². The summed E-state index contributed by atoms with van der Waals surface area (Å²) in [7, 11) is 0. The van der Waals surface area contributed by atoms with Crippen LogP contribution in [0.2, 0.25) is 0 Å². The van der Waals surface area contributed by atoms with Crippen LogP contribution >= 0.6 is 11.3 Å². The molecule has 190 valence electrons. The minimum absolute atomic E-state index is 0.00522. The minimum atomic E-state index is -0.111. The number of thiophene rings is 1. The van der Waals surface area contributed by atoms with Crippen molar-refractivity contribution in [3.63, 3.8) is 0 Å². The molecule has 2 amide bonds. The molecule has 36 heavy (non-hydrogen) atoms. The third kappa shape index (κ3) is 5.73. The molecule has 0 bridgehead atoms. The summed E-state index contributed by atoms with van der Waals surface area (Å²) in [6.07, 6.45) is 4.97. The normalized spacial score (nSPS) is 15.9. The third-order valence-electron chi connectivity index (χ3n) is 7.39. The van der Waals surface area contributed by atoms with Gasteiger partial charge in [-0.05, 0) is 79.8 Å². The molecular formula is C31H38N2O2S. The summed E-state index contributed by atoms with van der Waals surface area (Å²) < 4.78 is 0. The fraction of sp³-hybridized carbons (Fsp3) is 0.419. The predicted molar refractivity (Wildman–Crippen MR) is 149 cm³/mol. The summed E-state index contributed by atoms with van der Waals surface area (Å²) in [6.45, 7) is 9.12. The van der Waals surface area contributed by atoms with E-state index in [1.165, 1.54) is 21.6 Å². The number of nitrogens with zero attached hydrogens (tertiary/aromatic N) is 2. The lowest BCUT2D eigenvalue weighted by atomic mass is 9.92. The second-order valence-electron chi connectivity index (χ2n) is 9.94. The Kier molecular flexibility index (Phi) is 8.63. The van der Waals surface area contributed by atoms with Crippen LogP contribution in [0.25, 0.3) is 0 Å². The molecule has 2 unspecified atom stereocenters. The molecule has 1 aliphatic rings. The van der Waals surface area contributed by atoms with Gasteiger partial charge in [-0.25, -0.2) is 0 Å². The number of unbranched alkanes of at least 4 members (excludes halogenated alkanes) is 1. The van der Waals surface area contributed by atoms with Crippen LogP contribution < -0.4 is 0 Å². The van der Waals surface area contributed by atoms with Gasteiger partial charge in [-0.15, -0.1) is 11.3 Å². The number of carbonyl (C=O) groups excluding carboxylic acids is 2. The van der Waals surface area contributed by atoms with Crippen molar-refractivity contribution in [2.45, 2.75) is 71.9 Å². The van der Waals surface area contributed by atoms with Crippen molar-refractivity contribution < 1.29 is 9.59 Å². The molecule has 0 saturated heterocycles. The van der Waals surface area contributed by atoms with Gasteiger partial charge in [0.2, 0.25) is 5.91 Å². The van der Waals surface area contributed by atoms with Crippen LogP contribution in [0, 0.1) is 6.92 Å². The van der Waals surface area contributed by atoms with E-state index < -0.39 is 0 Å². The maximum atomic E-state index is 13.9. The molecule has 2 heterocycles. The van der Waals surface area contributed by atoms with Crippen LogP contribution in [0.5, 0.6) is 0 Å². The van der Waals surface area contributed by atoms with E-state index in [1.54, 1.807) is 16.2 Å². The van der Waals surface area contributed by atoms with E-state index in [2.05, 4.69) is 68.6 Å². The van der Waals surface area contributed by atoms with E-state index >= 15 is 0 Å². The topological polar surface area (TPSA) is 40.6 Å². The van der Waals surface area contributed by atoms with Crippen LogP contribution in [-0.2, 0) is 17.6 Å². The van der Waals surface area contributed by atoms with Crippen LogP contribution in [0.4, 0.5) is 0 Å². The van der Waals surface area contributed by atoms with Crippen LogP contribution in [0.1, 0.15) is 83.6 Å². The Bertz CT molecular complexity index is 1170. The van der Waals surface area contributed by atoms with Crippen molar-refractivity contribution in [1.29, 1.82) is 0 Å². The molecule has 0 spiro atoms. The number of hydrogen-bond donors (Lipinski definition) is 0. The van der Waals surface area contributed by atoms with Gasteiger partial charge in [0.1, 0.15) is 6.54 Å². The van der Waals surface area contributed by atoms with E-state index in [1.807, 2.05) is 24.0 Å². The van der Waals surface area contributed by atoms with Crippen LogP contribution in [0.3, 0.4) is 0 Å². The maximum Gasteiger partial charge on any atom is 0.254 e. The average molecular weight is 503 g/mol. The molecule has 0 radical (unpaired) electrons. The van der Waals surface area contributed by atoms with Crippen molar-refractivity contribution in [3.8, 4) is 0 Å². The Morgan fingerprint density at radius 1 is 1.06 bits per heavy atom. The molecule has 0 fully saturated rings. The minimum Gasteiger partial charge on any atom is -0.330 e. The molecule has 0 N–H and O–H groups in total. The van der Waals surface area contributed by atoms with Gasteiger partial charge in [-0.2, -0.15) is 0 Å². The average Bonchev–Trinajstić information content (AvgIpc) is 3.39. The molecule has 4 rings (SSSR count). The zero-order valence-electron chi connectivity index (χ0n) is 22.0. The molecule has 3 aromatic rings. The van der Waals surface area contributed by atoms with Gasteiger partial charge in [0, 0.05) is 23.0 Å². The Morgan fingerprint density at radius 3 is 2.44 bits per heavy atom. The molecule has 0 aliphatic carbocycles. The number of rotatable bonds is 9. The highest BCUT2D eigenvalue weighted by atomic mass is 32.1. The highest BCUT2D eigenvalue weighted by Crippen LogP contribution is 2.38. The van der Waals surface area contributed by atoms with E-state index in [9.17, 15) is 9.59 Å². The Balaban J connectivity index is 1.58. The Morgan fingerprint density at radius 2 is 1.78 bits per heavy atom. The lowest BCUT2D eigenvalue weighted by molar-refractivity contribution is -0.134. The van der Waals surface area contributed by atoms with Crippen LogP contribution in [0.15, 0.2) is 60.0 Å². The summed E-state index contributed by atoms with van der Waals surface area (Å²) in [5, 5.41) is 2.12. The molecule has 2 atom stereocenters. The molecule has 1 aliphatic heterocycles. The zero-order valence-corrected chi connectivity index (χ0v) is 22.8. The lowest BCUT2D eigenvalue weighted by Gasteiger charge is -2.38.